The lowest BCUT2D eigenvalue weighted by atomic mass is 10.0. The van der Waals surface area contributed by atoms with Crippen molar-refractivity contribution in [2.24, 2.45) is 5.73 Å². The van der Waals surface area contributed by atoms with Crippen LogP contribution in [-0.2, 0) is 27.2 Å². The molecule has 0 fully saturated rings. The van der Waals surface area contributed by atoms with Crippen LogP contribution in [0, 0.1) is 21.7 Å². The zero-order chi connectivity index (χ0) is 23.1. The number of halogens is 2. The zero-order valence-corrected chi connectivity index (χ0v) is 16.4. The number of nitro benzene ring substituents is 1. The van der Waals surface area contributed by atoms with Gasteiger partial charge in [-0.25, -0.2) is 4.39 Å². The maximum atomic E-state index is 13.5. The van der Waals surface area contributed by atoms with Gasteiger partial charge in [-0.15, -0.1) is 0 Å². The summed E-state index contributed by atoms with van der Waals surface area (Å²) in [6.07, 6.45) is -0.218. The molecule has 11 heteroatoms. The summed E-state index contributed by atoms with van der Waals surface area (Å²) in [5.74, 6) is -3.68. The van der Waals surface area contributed by atoms with E-state index in [-0.39, 0.29) is 18.4 Å². The third-order valence-corrected chi connectivity index (χ3v) is 4.35. The molecule has 31 heavy (non-hydrogen) atoms. The minimum Gasteiger partial charge on any atom is -0.368 e. The lowest BCUT2D eigenvalue weighted by Crippen LogP contribution is -2.54. The molecule has 2 atom stereocenters. The number of primary amides is 1. The van der Waals surface area contributed by atoms with E-state index >= 15 is 0 Å². The van der Waals surface area contributed by atoms with E-state index in [0.717, 1.165) is 12.1 Å². The number of rotatable bonds is 9. The molecule has 0 aliphatic rings. The van der Waals surface area contributed by atoms with E-state index in [2.05, 4.69) is 10.6 Å². The minimum absolute atomic E-state index is 0.0131. The van der Waals surface area contributed by atoms with Gasteiger partial charge in [-0.05, 0) is 29.3 Å². The van der Waals surface area contributed by atoms with Crippen molar-refractivity contribution in [3.8, 4) is 0 Å². The average Bonchev–Trinajstić information content (AvgIpc) is 2.69. The number of hydrogen-bond acceptors (Lipinski definition) is 5. The summed E-state index contributed by atoms with van der Waals surface area (Å²) in [5.41, 5.74) is 5.32. The van der Waals surface area contributed by atoms with Gasteiger partial charge in [-0.3, -0.25) is 24.5 Å². The molecule has 0 heterocycles. The van der Waals surface area contributed by atoms with Crippen LogP contribution in [0.5, 0.6) is 0 Å². The molecule has 0 saturated carbocycles. The highest BCUT2D eigenvalue weighted by molar-refractivity contribution is 5.91. The minimum atomic E-state index is -1.28. The Bertz CT molecular complexity index is 998. The van der Waals surface area contributed by atoms with Crippen molar-refractivity contribution in [2.45, 2.75) is 31.8 Å². The SMILES string of the molecule is CC(=O)N[C@H](Cc1ccc(F)cc1)C(=O)N[C@H](Cc1ccc(F)c([N+](=O)[O-])c1)C(N)=O. The molecule has 0 unspecified atom stereocenters. The summed E-state index contributed by atoms with van der Waals surface area (Å²) in [4.78, 5) is 46.0. The number of nitrogens with zero attached hydrogens (tertiary/aromatic N) is 1. The Kier molecular flexibility index (Phi) is 7.72. The van der Waals surface area contributed by atoms with Crippen molar-refractivity contribution in [1.82, 2.24) is 10.6 Å². The Hall–Kier alpha value is -3.89. The van der Waals surface area contributed by atoms with E-state index in [1.807, 2.05) is 0 Å². The molecule has 0 spiro atoms. The molecule has 3 amide bonds. The predicted octanol–water partition coefficient (Wildman–Crippen LogP) is 1.13. The van der Waals surface area contributed by atoms with Gasteiger partial charge >= 0.3 is 5.69 Å². The summed E-state index contributed by atoms with van der Waals surface area (Å²) in [5, 5.41) is 15.7. The van der Waals surface area contributed by atoms with Crippen molar-refractivity contribution < 1.29 is 28.1 Å². The highest BCUT2D eigenvalue weighted by Gasteiger charge is 2.26. The van der Waals surface area contributed by atoms with Gasteiger partial charge in [-0.2, -0.15) is 4.39 Å². The van der Waals surface area contributed by atoms with E-state index in [1.54, 1.807) is 0 Å². The number of nitrogens with two attached hydrogens (primary N) is 1. The molecule has 9 nitrogen and oxygen atoms in total. The van der Waals surface area contributed by atoms with Crippen LogP contribution in [-0.4, -0.2) is 34.7 Å². The van der Waals surface area contributed by atoms with E-state index < -0.39 is 52.1 Å². The molecule has 0 saturated heterocycles. The quantitative estimate of drug-likeness (QED) is 0.400. The van der Waals surface area contributed by atoms with E-state index in [4.69, 9.17) is 5.73 Å². The molecule has 2 aromatic rings. The van der Waals surface area contributed by atoms with Crippen LogP contribution in [0.1, 0.15) is 18.1 Å². The van der Waals surface area contributed by atoms with Crippen molar-refractivity contribution in [3.63, 3.8) is 0 Å². The average molecular weight is 434 g/mol. The van der Waals surface area contributed by atoms with Crippen molar-refractivity contribution in [3.05, 3.63) is 75.3 Å². The standard InChI is InChI=1S/C20H20F2N4O5/c1-11(27)24-17(8-12-2-5-14(21)6-3-12)20(29)25-16(19(23)28)9-13-4-7-15(22)18(10-13)26(30)31/h2-7,10,16-17H,8-9H2,1H3,(H2,23,28)(H,24,27)(H,25,29)/t16-,17-/m1/s1. The monoisotopic (exact) mass is 434 g/mol. The van der Waals surface area contributed by atoms with Gasteiger partial charge < -0.3 is 16.4 Å². The van der Waals surface area contributed by atoms with Crippen LogP contribution < -0.4 is 16.4 Å². The second kappa shape index (κ2) is 10.2. The predicted molar refractivity (Wildman–Crippen MR) is 106 cm³/mol. The van der Waals surface area contributed by atoms with Crippen molar-refractivity contribution in [1.29, 1.82) is 0 Å². The number of benzene rings is 2. The molecular weight excluding hydrogens is 414 g/mol. The molecule has 0 aliphatic heterocycles. The summed E-state index contributed by atoms with van der Waals surface area (Å²) in [6, 6.07) is 5.98. The van der Waals surface area contributed by atoms with Gasteiger partial charge in [0.2, 0.25) is 23.5 Å². The highest BCUT2D eigenvalue weighted by Crippen LogP contribution is 2.19. The molecule has 0 aromatic heterocycles. The maximum Gasteiger partial charge on any atom is 0.305 e. The molecule has 2 aromatic carbocycles. The Morgan fingerprint density at radius 1 is 1.00 bits per heavy atom. The Labute approximate surface area is 175 Å². The number of nitrogens with one attached hydrogen (secondary N) is 2. The number of amides is 3. The molecule has 0 bridgehead atoms. The van der Waals surface area contributed by atoms with Gasteiger partial charge in [0.25, 0.3) is 0 Å². The fraction of sp³-hybridized carbons (Fsp3) is 0.250. The second-order valence-electron chi connectivity index (χ2n) is 6.79. The Morgan fingerprint density at radius 2 is 1.58 bits per heavy atom. The maximum absolute atomic E-state index is 13.5. The van der Waals surface area contributed by atoms with Gasteiger partial charge in [0, 0.05) is 25.8 Å². The fourth-order valence-corrected chi connectivity index (χ4v) is 2.87. The third kappa shape index (κ3) is 6.84. The molecule has 0 radical (unpaired) electrons. The Morgan fingerprint density at radius 3 is 2.13 bits per heavy atom. The molecule has 0 aliphatic carbocycles. The van der Waals surface area contributed by atoms with Crippen LogP contribution in [0.3, 0.4) is 0 Å². The number of hydrogen-bond donors (Lipinski definition) is 3. The first kappa shape index (κ1) is 23.4. The summed E-state index contributed by atoms with van der Waals surface area (Å²) in [6.45, 7) is 1.20. The van der Waals surface area contributed by atoms with Gasteiger partial charge in [0.15, 0.2) is 0 Å². The van der Waals surface area contributed by atoms with Crippen molar-refractivity contribution >= 4 is 23.4 Å². The highest BCUT2D eigenvalue weighted by atomic mass is 19.1. The van der Waals surface area contributed by atoms with Gasteiger partial charge in [0.1, 0.15) is 17.9 Å². The largest absolute Gasteiger partial charge is 0.368 e. The van der Waals surface area contributed by atoms with E-state index in [0.29, 0.717) is 5.56 Å². The molecular formula is C20H20F2N4O5. The number of carbonyl (C=O) groups excluding carboxylic acids is 3. The first-order chi connectivity index (χ1) is 14.6. The Balaban J connectivity index is 2.18. The van der Waals surface area contributed by atoms with E-state index in [1.165, 1.54) is 37.3 Å². The topological polar surface area (TPSA) is 144 Å². The van der Waals surface area contributed by atoms with Crippen LogP contribution in [0.4, 0.5) is 14.5 Å². The van der Waals surface area contributed by atoms with Crippen LogP contribution in [0.2, 0.25) is 0 Å². The second-order valence-corrected chi connectivity index (χ2v) is 6.79. The lowest BCUT2D eigenvalue weighted by molar-refractivity contribution is -0.387. The number of carbonyl (C=O) groups is 3. The lowest BCUT2D eigenvalue weighted by Gasteiger charge is -2.22. The van der Waals surface area contributed by atoms with Gasteiger partial charge in [-0.1, -0.05) is 18.2 Å². The zero-order valence-electron chi connectivity index (χ0n) is 16.4. The summed E-state index contributed by atoms with van der Waals surface area (Å²) in [7, 11) is 0. The van der Waals surface area contributed by atoms with Crippen LogP contribution in [0.25, 0.3) is 0 Å². The summed E-state index contributed by atoms with van der Waals surface area (Å²) >= 11 is 0. The molecule has 4 N–H and O–H groups in total. The normalized spacial score (nSPS) is 12.5. The number of nitro groups is 1. The van der Waals surface area contributed by atoms with Crippen LogP contribution in [0.15, 0.2) is 42.5 Å². The first-order valence-corrected chi connectivity index (χ1v) is 9.11. The smallest absolute Gasteiger partial charge is 0.305 e. The molecule has 2 rings (SSSR count). The van der Waals surface area contributed by atoms with E-state index in [9.17, 15) is 33.3 Å². The summed E-state index contributed by atoms with van der Waals surface area (Å²) < 4.78 is 26.6. The van der Waals surface area contributed by atoms with Crippen molar-refractivity contribution in [2.75, 3.05) is 0 Å². The van der Waals surface area contributed by atoms with Crippen LogP contribution >= 0.6 is 0 Å². The van der Waals surface area contributed by atoms with Gasteiger partial charge in [0.05, 0.1) is 4.92 Å². The molecule has 164 valence electrons. The third-order valence-electron chi connectivity index (χ3n) is 4.35. The fourth-order valence-electron chi connectivity index (χ4n) is 2.87. The first-order valence-electron chi connectivity index (χ1n) is 9.11.